The SMILES string of the molecule is CCOc1ccccc1O[C@@H]1CCCN(c2ncc(C(=O)NCc3ccc(S(=O)[O-])cc3C)cn2)C1. The van der Waals surface area contributed by atoms with Crippen LogP contribution in [-0.4, -0.2) is 50.4 Å². The van der Waals surface area contributed by atoms with E-state index in [1.54, 1.807) is 19.1 Å². The van der Waals surface area contributed by atoms with E-state index in [1.165, 1.54) is 18.5 Å². The Labute approximate surface area is 213 Å². The van der Waals surface area contributed by atoms with Gasteiger partial charge in [0.05, 0.1) is 18.7 Å². The number of para-hydroxylation sites is 2. The summed E-state index contributed by atoms with van der Waals surface area (Å²) in [6.07, 6.45) is 4.86. The summed E-state index contributed by atoms with van der Waals surface area (Å²) in [4.78, 5) is 23.7. The van der Waals surface area contributed by atoms with E-state index in [4.69, 9.17) is 9.47 Å². The molecule has 0 radical (unpaired) electrons. The summed E-state index contributed by atoms with van der Waals surface area (Å²) in [7, 11) is 0. The predicted molar refractivity (Wildman–Crippen MR) is 135 cm³/mol. The molecule has 2 atom stereocenters. The van der Waals surface area contributed by atoms with Gasteiger partial charge < -0.3 is 24.2 Å². The largest absolute Gasteiger partial charge is 0.768 e. The third kappa shape index (κ3) is 6.38. The van der Waals surface area contributed by atoms with Gasteiger partial charge in [0, 0.05) is 30.4 Å². The van der Waals surface area contributed by atoms with Crippen LogP contribution in [0.3, 0.4) is 0 Å². The van der Waals surface area contributed by atoms with Crippen molar-refractivity contribution in [3.05, 3.63) is 71.5 Å². The number of piperidine rings is 1. The van der Waals surface area contributed by atoms with Crippen LogP contribution in [0.2, 0.25) is 0 Å². The van der Waals surface area contributed by atoms with Gasteiger partial charge >= 0.3 is 0 Å². The zero-order valence-electron chi connectivity index (χ0n) is 20.3. The van der Waals surface area contributed by atoms with Gasteiger partial charge in [-0.2, -0.15) is 0 Å². The van der Waals surface area contributed by atoms with Crippen molar-refractivity contribution >= 4 is 22.9 Å². The number of amides is 1. The fourth-order valence-corrected chi connectivity index (χ4v) is 4.52. The topological polar surface area (TPSA) is 117 Å². The first-order valence-electron chi connectivity index (χ1n) is 11.9. The zero-order valence-corrected chi connectivity index (χ0v) is 21.1. The van der Waals surface area contributed by atoms with E-state index < -0.39 is 11.1 Å². The highest BCUT2D eigenvalue weighted by molar-refractivity contribution is 7.79. The van der Waals surface area contributed by atoms with E-state index in [9.17, 15) is 13.6 Å². The second-order valence-corrected chi connectivity index (χ2v) is 9.43. The Bertz CT molecular complexity index is 1220. The quantitative estimate of drug-likeness (QED) is 0.436. The molecule has 190 valence electrons. The molecule has 2 aromatic carbocycles. The number of aromatic nitrogens is 2. The molecule has 1 amide bonds. The third-order valence-corrected chi connectivity index (χ3v) is 6.59. The molecule has 9 nitrogen and oxygen atoms in total. The molecule has 10 heteroatoms. The smallest absolute Gasteiger partial charge is 0.254 e. The standard InChI is InChI=1S/C26H30N4O5S/c1-3-34-23-8-4-5-9-24(23)35-21-7-6-12-30(17-21)26-28-15-20(16-29-26)25(31)27-14-19-10-11-22(36(32)33)13-18(19)2/h4-5,8-11,13,15-16,21H,3,6-7,12,14,17H2,1-2H3,(H,27,31)(H,32,33)/p-1/t21-/m1/s1. The second kappa shape index (κ2) is 12.0. The van der Waals surface area contributed by atoms with Gasteiger partial charge in [0.2, 0.25) is 5.95 Å². The highest BCUT2D eigenvalue weighted by Gasteiger charge is 2.24. The fraction of sp³-hybridized carbons (Fsp3) is 0.346. The normalized spacial score (nSPS) is 16.3. The van der Waals surface area contributed by atoms with E-state index in [0.29, 0.717) is 24.7 Å². The lowest BCUT2D eigenvalue weighted by atomic mass is 10.1. The van der Waals surface area contributed by atoms with Crippen LogP contribution in [0.1, 0.15) is 41.3 Å². The first-order valence-corrected chi connectivity index (χ1v) is 12.9. The molecule has 1 unspecified atom stereocenters. The van der Waals surface area contributed by atoms with E-state index >= 15 is 0 Å². The van der Waals surface area contributed by atoms with Gasteiger partial charge in [-0.05, 0) is 73.2 Å². The number of anilines is 1. The summed E-state index contributed by atoms with van der Waals surface area (Å²) >= 11 is -2.28. The highest BCUT2D eigenvalue weighted by Crippen LogP contribution is 2.29. The molecule has 0 saturated carbocycles. The summed E-state index contributed by atoms with van der Waals surface area (Å²) in [5, 5.41) is 2.84. The monoisotopic (exact) mass is 509 g/mol. The van der Waals surface area contributed by atoms with Crippen LogP contribution in [0, 0.1) is 6.92 Å². The lowest BCUT2D eigenvalue weighted by Gasteiger charge is -2.33. The minimum atomic E-state index is -2.28. The number of carbonyl (C=O) groups is 1. The average molecular weight is 510 g/mol. The van der Waals surface area contributed by atoms with Crippen molar-refractivity contribution in [3.8, 4) is 11.5 Å². The van der Waals surface area contributed by atoms with Gasteiger partial charge in [-0.3, -0.25) is 9.00 Å². The number of benzene rings is 2. The Balaban J connectivity index is 1.34. The van der Waals surface area contributed by atoms with Gasteiger partial charge in [-0.1, -0.05) is 18.2 Å². The second-order valence-electron chi connectivity index (χ2n) is 8.49. The first kappa shape index (κ1) is 25.6. The van der Waals surface area contributed by atoms with Crippen molar-refractivity contribution in [2.45, 2.75) is 44.2 Å². The molecule has 2 heterocycles. The molecule has 1 aliphatic heterocycles. The summed E-state index contributed by atoms with van der Waals surface area (Å²) < 4.78 is 34.1. The number of ether oxygens (including phenoxy) is 2. The maximum absolute atomic E-state index is 12.6. The lowest BCUT2D eigenvalue weighted by molar-refractivity contribution is 0.0950. The van der Waals surface area contributed by atoms with E-state index in [2.05, 4.69) is 20.2 Å². The molecular weight excluding hydrogens is 480 g/mol. The van der Waals surface area contributed by atoms with Crippen LogP contribution in [-0.2, 0) is 17.6 Å². The number of rotatable bonds is 9. The lowest BCUT2D eigenvalue weighted by Crippen LogP contribution is -2.42. The highest BCUT2D eigenvalue weighted by atomic mass is 32.2. The molecule has 1 aliphatic rings. The molecule has 4 rings (SSSR count). The number of aryl methyl sites for hydroxylation is 1. The Morgan fingerprint density at radius 1 is 1.19 bits per heavy atom. The summed E-state index contributed by atoms with van der Waals surface area (Å²) in [6.45, 7) is 6.03. The van der Waals surface area contributed by atoms with E-state index in [0.717, 1.165) is 42.0 Å². The Hall–Kier alpha value is -3.50. The first-order chi connectivity index (χ1) is 17.4. The van der Waals surface area contributed by atoms with Crippen molar-refractivity contribution in [3.63, 3.8) is 0 Å². The summed E-state index contributed by atoms with van der Waals surface area (Å²) in [5.41, 5.74) is 1.97. The fourth-order valence-electron chi connectivity index (χ4n) is 4.07. The van der Waals surface area contributed by atoms with Crippen molar-refractivity contribution in [2.24, 2.45) is 0 Å². The van der Waals surface area contributed by atoms with Gasteiger partial charge in [0.1, 0.15) is 6.10 Å². The van der Waals surface area contributed by atoms with Crippen LogP contribution >= 0.6 is 0 Å². The maximum atomic E-state index is 12.6. The van der Waals surface area contributed by atoms with Crippen molar-refractivity contribution < 1.29 is 23.0 Å². The number of hydrogen-bond donors (Lipinski definition) is 1. The Morgan fingerprint density at radius 2 is 1.94 bits per heavy atom. The number of nitrogens with zero attached hydrogens (tertiary/aromatic N) is 3. The molecule has 3 aromatic rings. The molecule has 1 N–H and O–H groups in total. The minimum absolute atomic E-state index is 0.0272. The Morgan fingerprint density at radius 3 is 2.64 bits per heavy atom. The Kier molecular flexibility index (Phi) is 8.50. The maximum Gasteiger partial charge on any atom is 0.254 e. The van der Waals surface area contributed by atoms with Crippen molar-refractivity contribution in [1.82, 2.24) is 15.3 Å². The van der Waals surface area contributed by atoms with Crippen molar-refractivity contribution in [2.75, 3.05) is 24.6 Å². The molecule has 0 spiro atoms. The van der Waals surface area contributed by atoms with Gasteiger partial charge in [-0.25, -0.2) is 9.97 Å². The molecule has 0 aliphatic carbocycles. The van der Waals surface area contributed by atoms with Crippen molar-refractivity contribution in [1.29, 1.82) is 0 Å². The number of nitrogens with one attached hydrogen (secondary N) is 1. The predicted octanol–water partition coefficient (Wildman–Crippen LogP) is 3.40. The van der Waals surface area contributed by atoms with Crippen LogP contribution in [0.4, 0.5) is 5.95 Å². The van der Waals surface area contributed by atoms with Crippen LogP contribution < -0.4 is 19.7 Å². The zero-order chi connectivity index (χ0) is 25.5. The number of carbonyl (C=O) groups excluding carboxylic acids is 1. The van der Waals surface area contributed by atoms with Crippen LogP contribution in [0.15, 0.2) is 59.8 Å². The van der Waals surface area contributed by atoms with Crippen LogP contribution in [0.5, 0.6) is 11.5 Å². The minimum Gasteiger partial charge on any atom is -0.768 e. The molecule has 1 aromatic heterocycles. The van der Waals surface area contributed by atoms with Gasteiger partial charge in [-0.15, -0.1) is 0 Å². The summed E-state index contributed by atoms with van der Waals surface area (Å²) in [5.74, 6) is 1.71. The van der Waals surface area contributed by atoms with Gasteiger partial charge in [0.25, 0.3) is 5.91 Å². The van der Waals surface area contributed by atoms with E-state index in [1.807, 2.05) is 31.2 Å². The molecule has 1 fully saturated rings. The molecule has 1 saturated heterocycles. The third-order valence-electron chi connectivity index (χ3n) is 5.95. The average Bonchev–Trinajstić information content (AvgIpc) is 2.89. The van der Waals surface area contributed by atoms with E-state index in [-0.39, 0.29) is 23.5 Å². The van der Waals surface area contributed by atoms with Gasteiger partial charge in [0.15, 0.2) is 11.5 Å². The summed E-state index contributed by atoms with van der Waals surface area (Å²) in [6, 6.07) is 12.4. The molecule has 0 bridgehead atoms. The molecular formula is C26H29N4O5S-. The number of hydrogen-bond acceptors (Lipinski definition) is 8. The molecule has 36 heavy (non-hydrogen) atoms. The van der Waals surface area contributed by atoms with Crippen LogP contribution in [0.25, 0.3) is 0 Å².